The number of hydrogen-bond donors (Lipinski definition) is 0. The Balaban J connectivity index is 1.86. The average Bonchev–Trinajstić information content (AvgIpc) is 2.86. The average molecular weight is 245 g/mol. The molecule has 1 saturated heterocycles. The van der Waals surface area contributed by atoms with Gasteiger partial charge in [0.15, 0.2) is 0 Å². The zero-order valence-electron chi connectivity index (χ0n) is 10.5. The molecule has 1 aromatic rings. The SMILES string of the molecule is C=CCC1CCCN1C(=O)OCc1ccccc1. The van der Waals surface area contributed by atoms with Gasteiger partial charge in [-0.05, 0) is 24.8 Å². The van der Waals surface area contributed by atoms with E-state index in [0.717, 1.165) is 31.4 Å². The molecule has 1 atom stereocenters. The summed E-state index contributed by atoms with van der Waals surface area (Å²) >= 11 is 0. The van der Waals surface area contributed by atoms with Gasteiger partial charge in [-0.25, -0.2) is 4.79 Å². The predicted octanol–water partition coefficient (Wildman–Crippen LogP) is 3.36. The Bertz CT molecular complexity index is 402. The molecule has 0 radical (unpaired) electrons. The van der Waals surface area contributed by atoms with Crippen molar-refractivity contribution in [1.82, 2.24) is 4.90 Å². The number of carbonyl (C=O) groups excluding carboxylic acids is 1. The molecule has 0 bridgehead atoms. The summed E-state index contributed by atoms with van der Waals surface area (Å²) in [5, 5.41) is 0. The number of hydrogen-bond acceptors (Lipinski definition) is 2. The lowest BCUT2D eigenvalue weighted by atomic mass is 10.1. The summed E-state index contributed by atoms with van der Waals surface area (Å²) in [5.41, 5.74) is 1.02. The molecule has 0 saturated carbocycles. The minimum Gasteiger partial charge on any atom is -0.445 e. The molecule has 1 aliphatic heterocycles. The van der Waals surface area contributed by atoms with Crippen LogP contribution >= 0.6 is 0 Å². The highest BCUT2D eigenvalue weighted by molar-refractivity contribution is 5.68. The van der Waals surface area contributed by atoms with Gasteiger partial charge in [0, 0.05) is 12.6 Å². The number of likely N-dealkylation sites (tertiary alicyclic amines) is 1. The molecule has 1 amide bonds. The van der Waals surface area contributed by atoms with Crippen LogP contribution in [0.2, 0.25) is 0 Å². The lowest BCUT2D eigenvalue weighted by molar-refractivity contribution is 0.0925. The van der Waals surface area contributed by atoms with E-state index in [1.165, 1.54) is 0 Å². The molecule has 3 nitrogen and oxygen atoms in total. The van der Waals surface area contributed by atoms with E-state index in [4.69, 9.17) is 4.74 Å². The van der Waals surface area contributed by atoms with Gasteiger partial charge >= 0.3 is 6.09 Å². The molecule has 1 unspecified atom stereocenters. The third-order valence-corrected chi connectivity index (χ3v) is 3.26. The normalized spacial score (nSPS) is 18.7. The van der Waals surface area contributed by atoms with Gasteiger partial charge in [-0.3, -0.25) is 0 Å². The molecule has 1 aliphatic rings. The van der Waals surface area contributed by atoms with Crippen LogP contribution < -0.4 is 0 Å². The number of amides is 1. The van der Waals surface area contributed by atoms with Crippen molar-refractivity contribution in [1.29, 1.82) is 0 Å². The predicted molar refractivity (Wildman–Crippen MR) is 71.2 cm³/mol. The van der Waals surface area contributed by atoms with Crippen molar-refractivity contribution in [2.45, 2.75) is 31.9 Å². The molecule has 2 rings (SSSR count). The number of benzene rings is 1. The summed E-state index contributed by atoms with van der Waals surface area (Å²) in [6.07, 6.45) is 4.61. The van der Waals surface area contributed by atoms with Crippen LogP contribution in [0.15, 0.2) is 43.0 Å². The van der Waals surface area contributed by atoms with Crippen LogP contribution in [0, 0.1) is 0 Å². The largest absolute Gasteiger partial charge is 0.445 e. The Kier molecular flexibility index (Phi) is 4.40. The molecular weight excluding hydrogens is 226 g/mol. The maximum atomic E-state index is 12.0. The van der Waals surface area contributed by atoms with Crippen LogP contribution in [0.5, 0.6) is 0 Å². The van der Waals surface area contributed by atoms with Crippen LogP contribution in [0.4, 0.5) is 4.79 Å². The molecule has 96 valence electrons. The van der Waals surface area contributed by atoms with Gasteiger partial charge in [0.05, 0.1) is 0 Å². The maximum absolute atomic E-state index is 12.0. The smallest absolute Gasteiger partial charge is 0.410 e. The fraction of sp³-hybridized carbons (Fsp3) is 0.400. The minimum absolute atomic E-state index is 0.205. The second-order valence-electron chi connectivity index (χ2n) is 4.55. The van der Waals surface area contributed by atoms with Crippen LogP contribution in [-0.4, -0.2) is 23.6 Å². The van der Waals surface area contributed by atoms with Crippen molar-refractivity contribution in [2.24, 2.45) is 0 Å². The molecule has 0 aromatic heterocycles. The highest BCUT2D eigenvalue weighted by Crippen LogP contribution is 2.21. The standard InChI is InChI=1S/C15H19NO2/c1-2-7-14-10-6-11-16(14)15(17)18-12-13-8-4-3-5-9-13/h2-5,8-9,14H,1,6-7,10-12H2. The highest BCUT2D eigenvalue weighted by Gasteiger charge is 2.28. The Morgan fingerprint density at radius 3 is 2.94 bits per heavy atom. The van der Waals surface area contributed by atoms with Crippen molar-refractivity contribution >= 4 is 6.09 Å². The second kappa shape index (κ2) is 6.24. The van der Waals surface area contributed by atoms with Crippen molar-refractivity contribution in [3.8, 4) is 0 Å². The molecule has 1 aromatic carbocycles. The minimum atomic E-state index is -0.205. The highest BCUT2D eigenvalue weighted by atomic mass is 16.6. The molecular formula is C15H19NO2. The quantitative estimate of drug-likeness (QED) is 0.761. The molecule has 0 spiro atoms. The van der Waals surface area contributed by atoms with E-state index >= 15 is 0 Å². The Labute approximate surface area is 108 Å². The fourth-order valence-corrected chi connectivity index (χ4v) is 2.32. The van der Waals surface area contributed by atoms with Crippen molar-refractivity contribution in [2.75, 3.05) is 6.54 Å². The molecule has 0 N–H and O–H groups in total. The lowest BCUT2D eigenvalue weighted by Gasteiger charge is -2.23. The first-order valence-corrected chi connectivity index (χ1v) is 6.39. The van der Waals surface area contributed by atoms with Gasteiger partial charge in [-0.2, -0.15) is 0 Å². The van der Waals surface area contributed by atoms with Gasteiger partial charge in [-0.1, -0.05) is 36.4 Å². The third kappa shape index (κ3) is 3.13. The van der Waals surface area contributed by atoms with E-state index in [-0.39, 0.29) is 12.1 Å². The first-order chi connectivity index (χ1) is 8.81. The van der Waals surface area contributed by atoms with Crippen LogP contribution in [-0.2, 0) is 11.3 Å². The van der Waals surface area contributed by atoms with E-state index in [2.05, 4.69) is 6.58 Å². The number of ether oxygens (including phenoxy) is 1. The molecule has 1 fully saturated rings. The summed E-state index contributed by atoms with van der Waals surface area (Å²) in [4.78, 5) is 13.8. The van der Waals surface area contributed by atoms with Crippen molar-refractivity contribution in [3.05, 3.63) is 48.6 Å². The van der Waals surface area contributed by atoms with E-state index in [0.29, 0.717) is 6.61 Å². The van der Waals surface area contributed by atoms with Gasteiger partial charge in [0.1, 0.15) is 6.61 Å². The van der Waals surface area contributed by atoms with Gasteiger partial charge in [0.2, 0.25) is 0 Å². The van der Waals surface area contributed by atoms with E-state index in [1.807, 2.05) is 41.3 Å². The molecule has 1 heterocycles. The van der Waals surface area contributed by atoms with Crippen LogP contribution in [0.25, 0.3) is 0 Å². The summed E-state index contributed by atoms with van der Waals surface area (Å²) in [7, 11) is 0. The third-order valence-electron chi connectivity index (χ3n) is 3.26. The maximum Gasteiger partial charge on any atom is 0.410 e. The summed E-state index contributed by atoms with van der Waals surface area (Å²) < 4.78 is 5.34. The molecule has 0 aliphatic carbocycles. The Morgan fingerprint density at radius 1 is 1.44 bits per heavy atom. The molecule has 3 heteroatoms. The molecule has 18 heavy (non-hydrogen) atoms. The van der Waals surface area contributed by atoms with Crippen LogP contribution in [0.3, 0.4) is 0 Å². The second-order valence-corrected chi connectivity index (χ2v) is 4.55. The zero-order valence-corrected chi connectivity index (χ0v) is 10.5. The van der Waals surface area contributed by atoms with E-state index < -0.39 is 0 Å². The summed E-state index contributed by atoms with van der Waals surface area (Å²) in [6, 6.07) is 10.0. The first-order valence-electron chi connectivity index (χ1n) is 6.39. The van der Waals surface area contributed by atoms with Crippen molar-refractivity contribution < 1.29 is 9.53 Å². The Morgan fingerprint density at radius 2 is 2.22 bits per heavy atom. The summed E-state index contributed by atoms with van der Waals surface area (Å²) in [5.74, 6) is 0. The van der Waals surface area contributed by atoms with Crippen molar-refractivity contribution in [3.63, 3.8) is 0 Å². The fourth-order valence-electron chi connectivity index (χ4n) is 2.32. The zero-order chi connectivity index (χ0) is 12.8. The Hall–Kier alpha value is -1.77. The van der Waals surface area contributed by atoms with E-state index in [1.54, 1.807) is 0 Å². The first kappa shape index (κ1) is 12.7. The van der Waals surface area contributed by atoms with Gasteiger partial charge in [0.25, 0.3) is 0 Å². The summed E-state index contributed by atoms with van der Waals surface area (Å²) in [6.45, 7) is 4.87. The van der Waals surface area contributed by atoms with Gasteiger partial charge < -0.3 is 9.64 Å². The topological polar surface area (TPSA) is 29.5 Å². The number of carbonyl (C=O) groups is 1. The van der Waals surface area contributed by atoms with E-state index in [9.17, 15) is 4.79 Å². The number of nitrogens with zero attached hydrogens (tertiary/aromatic N) is 1. The van der Waals surface area contributed by atoms with Crippen LogP contribution in [0.1, 0.15) is 24.8 Å². The number of rotatable bonds is 4. The lowest BCUT2D eigenvalue weighted by Crippen LogP contribution is -2.35. The monoisotopic (exact) mass is 245 g/mol. The van der Waals surface area contributed by atoms with Gasteiger partial charge in [-0.15, -0.1) is 6.58 Å².